The van der Waals surface area contributed by atoms with Gasteiger partial charge < -0.3 is 4.90 Å². The molecule has 1 aliphatic heterocycles. The van der Waals surface area contributed by atoms with Crippen LogP contribution in [0.4, 0.5) is 18.9 Å². The maximum Gasteiger partial charge on any atom is 0.418 e. The van der Waals surface area contributed by atoms with Crippen molar-refractivity contribution < 1.29 is 18.0 Å². The third-order valence-electron chi connectivity index (χ3n) is 4.74. The zero-order valence-electron chi connectivity index (χ0n) is 12.3. The molecule has 0 amide bonds. The average Bonchev–Trinajstić information content (AvgIpc) is 2.90. The summed E-state index contributed by atoms with van der Waals surface area (Å²) >= 11 is 0. The highest BCUT2D eigenvalue weighted by Crippen LogP contribution is 2.43. The van der Waals surface area contributed by atoms with Crippen molar-refractivity contribution in [3.8, 4) is 0 Å². The molecule has 2 nitrogen and oxygen atoms in total. The molecule has 0 N–H and O–H groups in total. The van der Waals surface area contributed by atoms with Crippen LogP contribution in [0.2, 0.25) is 0 Å². The lowest BCUT2D eigenvalue weighted by Gasteiger charge is -2.28. The van der Waals surface area contributed by atoms with E-state index in [2.05, 4.69) is 13.8 Å². The first-order chi connectivity index (χ1) is 9.85. The number of hydrogen-bond donors (Lipinski definition) is 0. The quantitative estimate of drug-likeness (QED) is 0.761. The Hall–Kier alpha value is -1.52. The standard InChI is InChI=1S/C16H20F3NO/c1-3-15(4-2)7-8-20(11-15)14-6-5-12(10-21)9-13(14)16(17,18)19/h5-6,9-10H,3-4,7-8,11H2,1-2H3. The first-order valence-electron chi connectivity index (χ1n) is 7.26. The first kappa shape index (κ1) is 15.9. The number of halogens is 3. The van der Waals surface area contributed by atoms with Gasteiger partial charge in [-0.25, -0.2) is 0 Å². The molecular formula is C16H20F3NO. The van der Waals surface area contributed by atoms with Crippen LogP contribution in [-0.2, 0) is 6.18 Å². The Labute approximate surface area is 122 Å². The number of anilines is 1. The summed E-state index contributed by atoms with van der Waals surface area (Å²) in [6.45, 7) is 5.45. The van der Waals surface area contributed by atoms with Crippen molar-refractivity contribution in [3.63, 3.8) is 0 Å². The first-order valence-corrected chi connectivity index (χ1v) is 7.26. The second-order valence-corrected chi connectivity index (χ2v) is 5.77. The van der Waals surface area contributed by atoms with E-state index in [1.165, 1.54) is 12.1 Å². The van der Waals surface area contributed by atoms with Crippen LogP contribution in [0.5, 0.6) is 0 Å². The van der Waals surface area contributed by atoms with Crippen LogP contribution in [0.15, 0.2) is 18.2 Å². The minimum Gasteiger partial charge on any atom is -0.370 e. The number of benzene rings is 1. The van der Waals surface area contributed by atoms with Crippen LogP contribution in [0.25, 0.3) is 0 Å². The maximum absolute atomic E-state index is 13.2. The van der Waals surface area contributed by atoms with Crippen molar-refractivity contribution in [2.75, 3.05) is 18.0 Å². The van der Waals surface area contributed by atoms with Gasteiger partial charge in [0.05, 0.1) is 5.56 Å². The summed E-state index contributed by atoms with van der Waals surface area (Å²) in [5.41, 5.74) is -0.360. The summed E-state index contributed by atoms with van der Waals surface area (Å²) in [5, 5.41) is 0. The molecule has 1 fully saturated rings. The summed E-state index contributed by atoms with van der Waals surface area (Å²) in [4.78, 5) is 12.5. The fourth-order valence-corrected chi connectivity index (χ4v) is 3.10. The highest BCUT2D eigenvalue weighted by molar-refractivity contribution is 5.77. The van der Waals surface area contributed by atoms with Crippen molar-refractivity contribution >= 4 is 12.0 Å². The highest BCUT2D eigenvalue weighted by atomic mass is 19.4. The number of hydrogen-bond acceptors (Lipinski definition) is 2. The van der Waals surface area contributed by atoms with Crippen molar-refractivity contribution in [1.82, 2.24) is 0 Å². The molecule has 116 valence electrons. The van der Waals surface area contributed by atoms with Gasteiger partial charge in [0.1, 0.15) is 6.29 Å². The number of rotatable bonds is 4. The minimum absolute atomic E-state index is 0.0579. The topological polar surface area (TPSA) is 20.3 Å². The summed E-state index contributed by atoms with van der Waals surface area (Å²) in [6, 6.07) is 3.82. The zero-order valence-corrected chi connectivity index (χ0v) is 12.3. The van der Waals surface area contributed by atoms with Gasteiger partial charge in [-0.05, 0) is 42.9 Å². The van der Waals surface area contributed by atoms with Crippen LogP contribution < -0.4 is 4.90 Å². The smallest absolute Gasteiger partial charge is 0.370 e. The Morgan fingerprint density at radius 3 is 2.43 bits per heavy atom. The fraction of sp³-hybridized carbons (Fsp3) is 0.562. The van der Waals surface area contributed by atoms with Gasteiger partial charge in [0, 0.05) is 24.3 Å². The number of nitrogens with zero attached hydrogens (tertiary/aromatic N) is 1. The molecule has 1 heterocycles. The van der Waals surface area contributed by atoms with Gasteiger partial charge in [-0.1, -0.05) is 13.8 Å². The van der Waals surface area contributed by atoms with E-state index in [1.54, 1.807) is 0 Å². The van der Waals surface area contributed by atoms with E-state index in [4.69, 9.17) is 0 Å². The van der Waals surface area contributed by atoms with Crippen molar-refractivity contribution in [2.24, 2.45) is 5.41 Å². The molecule has 0 saturated carbocycles. The molecule has 0 spiro atoms. The summed E-state index contributed by atoms with van der Waals surface area (Å²) in [5.74, 6) is 0. The van der Waals surface area contributed by atoms with Crippen LogP contribution in [0.3, 0.4) is 0 Å². The molecular weight excluding hydrogens is 279 g/mol. The Kier molecular flexibility index (Phi) is 4.30. The SMILES string of the molecule is CCC1(CC)CCN(c2ccc(C=O)cc2C(F)(F)F)C1. The van der Waals surface area contributed by atoms with Crippen LogP contribution in [0.1, 0.15) is 49.0 Å². The molecule has 1 aliphatic rings. The van der Waals surface area contributed by atoms with Crippen LogP contribution >= 0.6 is 0 Å². The largest absolute Gasteiger partial charge is 0.418 e. The van der Waals surface area contributed by atoms with Crippen molar-refractivity contribution in [2.45, 2.75) is 39.3 Å². The van der Waals surface area contributed by atoms with E-state index in [9.17, 15) is 18.0 Å². The van der Waals surface area contributed by atoms with E-state index in [0.29, 0.717) is 19.4 Å². The van der Waals surface area contributed by atoms with Gasteiger partial charge >= 0.3 is 6.18 Å². The summed E-state index contributed by atoms with van der Waals surface area (Å²) in [6.07, 6.45) is -1.16. The molecule has 1 aromatic carbocycles. The summed E-state index contributed by atoms with van der Waals surface area (Å²) in [7, 11) is 0. The molecule has 21 heavy (non-hydrogen) atoms. The third kappa shape index (κ3) is 3.06. The van der Waals surface area contributed by atoms with Gasteiger partial charge in [0.15, 0.2) is 0 Å². The van der Waals surface area contributed by atoms with Gasteiger partial charge in [-0.2, -0.15) is 13.2 Å². The molecule has 0 aromatic heterocycles. The number of alkyl halides is 3. The van der Waals surface area contributed by atoms with Crippen molar-refractivity contribution in [1.29, 1.82) is 0 Å². The Morgan fingerprint density at radius 1 is 1.29 bits per heavy atom. The maximum atomic E-state index is 13.2. The van der Waals surface area contributed by atoms with Gasteiger partial charge in [-0.3, -0.25) is 4.79 Å². The Bertz CT molecular complexity index is 521. The number of carbonyl (C=O) groups excluding carboxylic acids is 1. The lowest BCUT2D eigenvalue weighted by Crippen LogP contribution is -2.28. The average molecular weight is 299 g/mol. The van der Waals surface area contributed by atoms with Crippen LogP contribution in [-0.4, -0.2) is 19.4 Å². The Balaban J connectivity index is 2.39. The second kappa shape index (κ2) is 5.70. The van der Waals surface area contributed by atoms with E-state index in [-0.39, 0.29) is 16.7 Å². The van der Waals surface area contributed by atoms with E-state index in [1.807, 2.05) is 4.90 Å². The molecule has 0 unspecified atom stereocenters. The number of aldehydes is 1. The number of carbonyl (C=O) groups is 1. The van der Waals surface area contributed by atoms with Crippen molar-refractivity contribution in [3.05, 3.63) is 29.3 Å². The van der Waals surface area contributed by atoms with Gasteiger partial charge in [-0.15, -0.1) is 0 Å². The molecule has 0 aliphatic carbocycles. The fourth-order valence-electron chi connectivity index (χ4n) is 3.10. The lowest BCUT2D eigenvalue weighted by molar-refractivity contribution is -0.137. The molecule has 5 heteroatoms. The molecule has 0 bridgehead atoms. The predicted molar refractivity (Wildman–Crippen MR) is 76.7 cm³/mol. The van der Waals surface area contributed by atoms with E-state index < -0.39 is 11.7 Å². The minimum atomic E-state index is -4.45. The predicted octanol–water partition coefficient (Wildman–Crippen LogP) is 4.53. The highest BCUT2D eigenvalue weighted by Gasteiger charge is 2.40. The second-order valence-electron chi connectivity index (χ2n) is 5.77. The summed E-state index contributed by atoms with van der Waals surface area (Å²) < 4.78 is 39.7. The Morgan fingerprint density at radius 2 is 1.95 bits per heavy atom. The zero-order chi connectivity index (χ0) is 15.7. The monoisotopic (exact) mass is 299 g/mol. The molecule has 2 rings (SSSR count). The molecule has 0 atom stereocenters. The van der Waals surface area contributed by atoms with E-state index >= 15 is 0 Å². The third-order valence-corrected chi connectivity index (χ3v) is 4.74. The molecule has 1 saturated heterocycles. The molecule has 0 radical (unpaired) electrons. The normalized spacial score (nSPS) is 18.0. The van der Waals surface area contributed by atoms with Crippen LogP contribution in [0, 0.1) is 5.41 Å². The lowest BCUT2D eigenvalue weighted by atomic mass is 9.82. The molecule has 1 aromatic rings. The van der Waals surface area contributed by atoms with E-state index in [0.717, 1.165) is 25.3 Å². The van der Waals surface area contributed by atoms with Gasteiger partial charge in [0.25, 0.3) is 0 Å². The van der Waals surface area contributed by atoms with Gasteiger partial charge in [0.2, 0.25) is 0 Å².